The number of allylic oxidation sites excluding steroid dienone is 4. The Kier molecular flexibility index (Phi) is 1.97. The van der Waals surface area contributed by atoms with Gasteiger partial charge in [-0.15, -0.1) is 0 Å². The summed E-state index contributed by atoms with van der Waals surface area (Å²) in [7, 11) is 0. The average Bonchev–Trinajstić information content (AvgIpc) is 2.18. The van der Waals surface area contributed by atoms with E-state index in [0.29, 0.717) is 0 Å². The lowest BCUT2D eigenvalue weighted by atomic mass is 9.80. The van der Waals surface area contributed by atoms with Gasteiger partial charge in [0.15, 0.2) is 0 Å². The van der Waals surface area contributed by atoms with E-state index in [1.165, 1.54) is 6.08 Å². The Labute approximate surface area is 82.4 Å². The second kappa shape index (κ2) is 3.15. The number of fused-ring (bicyclic) bond motifs is 1. The third-order valence-electron chi connectivity index (χ3n) is 2.68. The maximum Gasteiger partial charge on any atom is 0.247 e. The number of rotatable bonds is 0. The van der Waals surface area contributed by atoms with E-state index < -0.39 is 0 Å². The molecule has 0 bridgehead atoms. The van der Waals surface area contributed by atoms with Crippen LogP contribution >= 0.6 is 0 Å². The number of carbonyl (C=O) groups is 1. The van der Waals surface area contributed by atoms with Crippen LogP contribution in [0.2, 0.25) is 0 Å². The van der Waals surface area contributed by atoms with E-state index in [0.717, 1.165) is 11.3 Å². The van der Waals surface area contributed by atoms with Crippen molar-refractivity contribution in [1.82, 2.24) is 5.32 Å². The van der Waals surface area contributed by atoms with Gasteiger partial charge in [-0.25, -0.2) is 0 Å². The van der Waals surface area contributed by atoms with Gasteiger partial charge in [0.2, 0.25) is 5.91 Å². The first-order chi connectivity index (χ1) is 6.72. The van der Waals surface area contributed by atoms with E-state index >= 15 is 0 Å². The van der Waals surface area contributed by atoms with Crippen molar-refractivity contribution in [2.75, 3.05) is 0 Å². The highest BCUT2D eigenvalue weighted by Crippen LogP contribution is 2.32. The average molecular weight is 186 g/mol. The number of hydrogen-bond acceptors (Lipinski definition) is 2. The molecular formula is C11H10N2O. The van der Waals surface area contributed by atoms with Crippen LogP contribution in [-0.2, 0) is 4.79 Å². The summed E-state index contributed by atoms with van der Waals surface area (Å²) in [4.78, 5) is 11.1. The molecule has 1 aliphatic heterocycles. The van der Waals surface area contributed by atoms with E-state index in [1.54, 1.807) is 6.08 Å². The quantitative estimate of drug-likeness (QED) is 0.619. The molecule has 1 amide bonds. The van der Waals surface area contributed by atoms with Crippen molar-refractivity contribution >= 4 is 5.91 Å². The lowest BCUT2D eigenvalue weighted by molar-refractivity contribution is -0.116. The molecule has 70 valence electrons. The molecule has 1 N–H and O–H groups in total. The smallest absolute Gasteiger partial charge is 0.247 e. The van der Waals surface area contributed by atoms with E-state index in [2.05, 4.69) is 11.4 Å². The fraction of sp³-hybridized carbons (Fsp3) is 0.273. The zero-order valence-corrected chi connectivity index (χ0v) is 7.82. The van der Waals surface area contributed by atoms with Gasteiger partial charge in [0.05, 0.1) is 6.07 Å². The second-order valence-electron chi connectivity index (χ2n) is 3.52. The van der Waals surface area contributed by atoms with Crippen molar-refractivity contribution in [3.8, 4) is 6.07 Å². The predicted molar refractivity (Wildman–Crippen MR) is 51.7 cm³/mol. The summed E-state index contributed by atoms with van der Waals surface area (Å²) in [6.45, 7) is 1.99. The predicted octanol–water partition coefficient (Wildman–Crippen LogP) is 1.27. The Morgan fingerprint density at radius 3 is 3.00 bits per heavy atom. The minimum atomic E-state index is -0.0893. The number of carbonyl (C=O) groups excluding carboxylic acids is 1. The third kappa shape index (κ3) is 1.25. The van der Waals surface area contributed by atoms with Gasteiger partial charge in [-0.3, -0.25) is 4.79 Å². The Morgan fingerprint density at radius 2 is 2.29 bits per heavy atom. The van der Waals surface area contributed by atoms with Crippen LogP contribution in [0.25, 0.3) is 0 Å². The van der Waals surface area contributed by atoms with Crippen molar-refractivity contribution in [1.29, 1.82) is 5.26 Å². The third-order valence-corrected chi connectivity index (χ3v) is 2.68. The van der Waals surface area contributed by atoms with Crippen LogP contribution in [0.3, 0.4) is 0 Å². The van der Waals surface area contributed by atoms with Crippen LogP contribution in [0, 0.1) is 23.2 Å². The number of hydrogen-bond donors (Lipinski definition) is 1. The van der Waals surface area contributed by atoms with E-state index in [9.17, 15) is 4.79 Å². The lowest BCUT2D eigenvalue weighted by Crippen LogP contribution is -2.33. The first kappa shape index (κ1) is 8.76. The molecule has 0 aromatic rings. The maximum absolute atomic E-state index is 11.1. The highest BCUT2D eigenvalue weighted by molar-refractivity contribution is 5.90. The summed E-state index contributed by atoms with van der Waals surface area (Å²) in [5.41, 5.74) is 1.66. The van der Waals surface area contributed by atoms with Gasteiger partial charge in [-0.1, -0.05) is 13.0 Å². The number of nitriles is 1. The Morgan fingerprint density at radius 1 is 1.50 bits per heavy atom. The fourth-order valence-electron chi connectivity index (χ4n) is 1.81. The summed E-state index contributed by atoms with van der Waals surface area (Å²) in [6, 6.07) is 2.17. The molecule has 0 saturated heterocycles. The van der Waals surface area contributed by atoms with Gasteiger partial charge >= 0.3 is 0 Å². The van der Waals surface area contributed by atoms with Crippen LogP contribution in [0.15, 0.2) is 35.6 Å². The molecule has 0 aromatic heterocycles. The number of nitrogens with zero attached hydrogens (tertiary/aromatic N) is 1. The van der Waals surface area contributed by atoms with Gasteiger partial charge in [0.25, 0.3) is 0 Å². The zero-order valence-electron chi connectivity index (χ0n) is 7.82. The molecule has 3 heteroatoms. The van der Waals surface area contributed by atoms with Crippen LogP contribution in [-0.4, -0.2) is 5.91 Å². The van der Waals surface area contributed by atoms with Gasteiger partial charge in [0, 0.05) is 23.1 Å². The molecule has 1 heterocycles. The molecule has 0 saturated carbocycles. The van der Waals surface area contributed by atoms with E-state index in [4.69, 9.17) is 5.26 Å². The Bertz CT molecular complexity index is 409. The topological polar surface area (TPSA) is 52.9 Å². The van der Waals surface area contributed by atoms with Crippen molar-refractivity contribution in [2.24, 2.45) is 11.8 Å². The van der Waals surface area contributed by atoms with Gasteiger partial charge in [-0.2, -0.15) is 5.26 Å². The second-order valence-corrected chi connectivity index (χ2v) is 3.52. The molecule has 1 aliphatic carbocycles. The summed E-state index contributed by atoms with van der Waals surface area (Å²) >= 11 is 0. The molecule has 0 aromatic carbocycles. The normalized spacial score (nSPS) is 29.6. The van der Waals surface area contributed by atoms with Crippen LogP contribution in [0.4, 0.5) is 0 Å². The summed E-state index contributed by atoms with van der Waals surface area (Å²) in [6.07, 6.45) is 6.97. The summed E-state index contributed by atoms with van der Waals surface area (Å²) < 4.78 is 0. The molecule has 3 nitrogen and oxygen atoms in total. The standard InChI is InChI=1S/C11H10N2O/c1-7-8(6-12)2-4-10-9(7)3-5-11(14)13-10/h2-5,7,9H,1H3,(H,13,14). The Hall–Kier alpha value is -1.82. The first-order valence-electron chi connectivity index (χ1n) is 4.53. The summed E-state index contributed by atoms with van der Waals surface area (Å²) in [5, 5.41) is 11.6. The largest absolute Gasteiger partial charge is 0.326 e. The molecule has 2 aliphatic rings. The molecule has 2 unspecified atom stereocenters. The summed E-state index contributed by atoms with van der Waals surface area (Å²) in [5.74, 6) is 0.206. The monoisotopic (exact) mass is 186 g/mol. The van der Waals surface area contributed by atoms with Crippen molar-refractivity contribution in [3.63, 3.8) is 0 Å². The van der Waals surface area contributed by atoms with Gasteiger partial charge in [-0.05, 0) is 18.2 Å². The molecule has 0 spiro atoms. The SMILES string of the molecule is CC1C(C#N)=CC=C2NC(=O)C=CC21. The molecule has 14 heavy (non-hydrogen) atoms. The molecule has 0 fully saturated rings. The van der Waals surface area contributed by atoms with Crippen LogP contribution in [0.1, 0.15) is 6.92 Å². The van der Waals surface area contributed by atoms with Gasteiger partial charge < -0.3 is 5.32 Å². The van der Waals surface area contributed by atoms with E-state index in [1.807, 2.05) is 19.1 Å². The van der Waals surface area contributed by atoms with Crippen molar-refractivity contribution < 1.29 is 4.79 Å². The minimum Gasteiger partial charge on any atom is -0.326 e. The van der Waals surface area contributed by atoms with Crippen molar-refractivity contribution in [2.45, 2.75) is 6.92 Å². The lowest BCUT2D eigenvalue weighted by Gasteiger charge is -2.29. The Balaban J connectivity index is 2.39. The van der Waals surface area contributed by atoms with Crippen LogP contribution < -0.4 is 5.32 Å². The molecule has 2 atom stereocenters. The van der Waals surface area contributed by atoms with Crippen LogP contribution in [0.5, 0.6) is 0 Å². The van der Waals surface area contributed by atoms with Gasteiger partial charge in [0.1, 0.15) is 0 Å². The molecule has 2 rings (SSSR count). The first-order valence-corrected chi connectivity index (χ1v) is 4.53. The maximum atomic E-state index is 11.1. The molecular weight excluding hydrogens is 176 g/mol. The highest BCUT2D eigenvalue weighted by atomic mass is 16.1. The zero-order chi connectivity index (χ0) is 10.1. The highest BCUT2D eigenvalue weighted by Gasteiger charge is 2.28. The minimum absolute atomic E-state index is 0.0893. The molecule has 0 radical (unpaired) electrons. The van der Waals surface area contributed by atoms with E-state index in [-0.39, 0.29) is 17.7 Å². The number of nitrogens with one attached hydrogen (secondary N) is 1. The number of amides is 1. The van der Waals surface area contributed by atoms with Crippen molar-refractivity contribution in [3.05, 3.63) is 35.6 Å². The fourth-order valence-corrected chi connectivity index (χ4v) is 1.81.